The van der Waals surface area contributed by atoms with E-state index in [1.54, 1.807) is 11.3 Å². The molecule has 0 atom stereocenters. The highest BCUT2D eigenvalue weighted by Crippen LogP contribution is 2.09. The van der Waals surface area contributed by atoms with Gasteiger partial charge in [-0.15, -0.1) is 11.3 Å². The van der Waals surface area contributed by atoms with E-state index in [1.807, 2.05) is 0 Å². The van der Waals surface area contributed by atoms with Gasteiger partial charge < -0.3 is 10.1 Å². The number of thiophene rings is 1. The van der Waals surface area contributed by atoms with E-state index in [2.05, 4.69) is 36.7 Å². The van der Waals surface area contributed by atoms with E-state index in [1.165, 1.54) is 17.7 Å². The first-order valence-corrected chi connectivity index (χ1v) is 6.98. The Labute approximate surface area is 103 Å². The van der Waals surface area contributed by atoms with Crippen molar-refractivity contribution in [1.29, 1.82) is 0 Å². The molecule has 1 heterocycles. The lowest BCUT2D eigenvalue weighted by Gasteiger charge is -2.06. The lowest BCUT2D eigenvalue weighted by atomic mass is 10.1. The van der Waals surface area contributed by atoms with Gasteiger partial charge in [-0.1, -0.05) is 19.9 Å². The smallest absolute Gasteiger partial charge is 0.0809 e. The molecule has 0 aliphatic carbocycles. The van der Waals surface area contributed by atoms with Crippen molar-refractivity contribution in [3.8, 4) is 0 Å². The summed E-state index contributed by atoms with van der Waals surface area (Å²) < 4.78 is 5.55. The van der Waals surface area contributed by atoms with Crippen LogP contribution in [-0.2, 0) is 11.3 Å². The lowest BCUT2D eigenvalue weighted by Crippen LogP contribution is -2.21. The third-order valence-corrected chi connectivity index (χ3v) is 3.23. The molecule has 0 radical (unpaired) electrons. The van der Waals surface area contributed by atoms with Crippen LogP contribution in [0.4, 0.5) is 0 Å². The molecule has 0 fully saturated rings. The van der Waals surface area contributed by atoms with Gasteiger partial charge in [-0.3, -0.25) is 0 Å². The zero-order valence-electron chi connectivity index (χ0n) is 10.4. The second-order valence-corrected chi connectivity index (χ2v) is 5.45. The number of hydrogen-bond donors (Lipinski definition) is 1. The fourth-order valence-corrected chi connectivity index (χ4v) is 2.11. The largest absolute Gasteiger partial charge is 0.375 e. The van der Waals surface area contributed by atoms with Crippen molar-refractivity contribution in [2.75, 3.05) is 19.7 Å². The van der Waals surface area contributed by atoms with Gasteiger partial charge >= 0.3 is 0 Å². The van der Waals surface area contributed by atoms with Crippen LogP contribution < -0.4 is 5.32 Å². The van der Waals surface area contributed by atoms with Crippen LogP contribution in [-0.4, -0.2) is 19.7 Å². The van der Waals surface area contributed by atoms with Crippen LogP contribution in [0.3, 0.4) is 0 Å². The molecule has 1 aromatic rings. The lowest BCUT2D eigenvalue weighted by molar-refractivity contribution is 0.125. The molecule has 92 valence electrons. The monoisotopic (exact) mass is 241 g/mol. The first kappa shape index (κ1) is 13.7. The van der Waals surface area contributed by atoms with E-state index in [-0.39, 0.29) is 0 Å². The Morgan fingerprint density at radius 2 is 2.25 bits per heavy atom. The Hall–Kier alpha value is -0.380. The van der Waals surface area contributed by atoms with Crippen molar-refractivity contribution in [3.05, 3.63) is 22.4 Å². The molecule has 0 aromatic carbocycles. The van der Waals surface area contributed by atoms with Crippen LogP contribution in [0.2, 0.25) is 0 Å². The van der Waals surface area contributed by atoms with Gasteiger partial charge in [0, 0.05) is 11.4 Å². The molecule has 0 bridgehead atoms. The maximum absolute atomic E-state index is 5.55. The number of rotatable bonds is 9. The van der Waals surface area contributed by atoms with Gasteiger partial charge in [0.25, 0.3) is 0 Å². The van der Waals surface area contributed by atoms with Gasteiger partial charge in [-0.25, -0.2) is 0 Å². The van der Waals surface area contributed by atoms with Gasteiger partial charge in [0.1, 0.15) is 0 Å². The minimum Gasteiger partial charge on any atom is -0.375 e. The van der Waals surface area contributed by atoms with Gasteiger partial charge in [-0.2, -0.15) is 0 Å². The highest BCUT2D eigenvalue weighted by molar-refractivity contribution is 7.09. The standard InChI is InChI=1S/C13H23NOS/c1-12(2)5-3-7-14-8-9-15-11-13-6-4-10-16-13/h4,6,10,12,14H,3,5,7-9,11H2,1-2H3. The van der Waals surface area contributed by atoms with Gasteiger partial charge in [-0.05, 0) is 36.8 Å². The summed E-state index contributed by atoms with van der Waals surface area (Å²) in [7, 11) is 0. The summed E-state index contributed by atoms with van der Waals surface area (Å²) in [6, 6.07) is 4.17. The molecule has 0 aliphatic rings. The first-order valence-electron chi connectivity index (χ1n) is 6.10. The summed E-state index contributed by atoms with van der Waals surface area (Å²) in [5.74, 6) is 0.817. The Bertz CT molecular complexity index is 246. The van der Waals surface area contributed by atoms with E-state index in [9.17, 15) is 0 Å². The highest BCUT2D eigenvalue weighted by Gasteiger charge is 1.95. The summed E-state index contributed by atoms with van der Waals surface area (Å²) in [6.45, 7) is 8.17. The summed E-state index contributed by atoms with van der Waals surface area (Å²) >= 11 is 1.75. The number of nitrogens with one attached hydrogen (secondary N) is 1. The predicted molar refractivity (Wildman–Crippen MR) is 70.9 cm³/mol. The van der Waals surface area contributed by atoms with Crippen molar-refractivity contribution in [1.82, 2.24) is 5.32 Å². The van der Waals surface area contributed by atoms with Crippen molar-refractivity contribution < 1.29 is 4.74 Å². The van der Waals surface area contributed by atoms with E-state index in [0.717, 1.165) is 32.2 Å². The van der Waals surface area contributed by atoms with Crippen LogP contribution in [0.1, 0.15) is 31.6 Å². The molecule has 0 aliphatic heterocycles. The second kappa shape index (κ2) is 8.74. The van der Waals surface area contributed by atoms with Crippen LogP contribution in [0.25, 0.3) is 0 Å². The van der Waals surface area contributed by atoms with E-state index in [4.69, 9.17) is 4.74 Å². The minimum absolute atomic E-state index is 0.755. The summed E-state index contributed by atoms with van der Waals surface area (Å²) in [6.07, 6.45) is 2.58. The average molecular weight is 241 g/mol. The second-order valence-electron chi connectivity index (χ2n) is 4.42. The van der Waals surface area contributed by atoms with Crippen LogP contribution in [0, 0.1) is 5.92 Å². The molecular weight excluding hydrogens is 218 g/mol. The molecule has 16 heavy (non-hydrogen) atoms. The van der Waals surface area contributed by atoms with E-state index < -0.39 is 0 Å². The van der Waals surface area contributed by atoms with Crippen molar-refractivity contribution >= 4 is 11.3 Å². The molecule has 2 nitrogen and oxygen atoms in total. The molecule has 1 rings (SSSR count). The maximum atomic E-state index is 5.55. The molecule has 1 aromatic heterocycles. The van der Waals surface area contributed by atoms with Gasteiger partial charge in [0.15, 0.2) is 0 Å². The minimum atomic E-state index is 0.755. The quantitative estimate of drug-likeness (QED) is 0.670. The fourth-order valence-electron chi connectivity index (χ4n) is 1.47. The Balaban J connectivity index is 1.82. The molecule has 1 N–H and O–H groups in total. The highest BCUT2D eigenvalue weighted by atomic mass is 32.1. The molecule has 0 saturated carbocycles. The molecule has 0 spiro atoms. The van der Waals surface area contributed by atoms with Crippen LogP contribution in [0.15, 0.2) is 17.5 Å². The SMILES string of the molecule is CC(C)CCCNCCOCc1cccs1. The van der Waals surface area contributed by atoms with E-state index >= 15 is 0 Å². The molecule has 0 saturated heterocycles. The molecule has 0 amide bonds. The van der Waals surface area contributed by atoms with Crippen molar-refractivity contribution in [3.63, 3.8) is 0 Å². The average Bonchev–Trinajstić information content (AvgIpc) is 2.74. The Morgan fingerprint density at radius 3 is 2.94 bits per heavy atom. The molecule has 0 unspecified atom stereocenters. The Kier molecular flexibility index (Phi) is 7.47. The maximum Gasteiger partial charge on any atom is 0.0809 e. The fraction of sp³-hybridized carbons (Fsp3) is 0.692. The normalized spacial score (nSPS) is 11.2. The van der Waals surface area contributed by atoms with Crippen molar-refractivity contribution in [2.24, 2.45) is 5.92 Å². The Morgan fingerprint density at radius 1 is 1.38 bits per heavy atom. The summed E-state index contributed by atoms with van der Waals surface area (Å²) in [4.78, 5) is 1.31. The van der Waals surface area contributed by atoms with Crippen LogP contribution in [0.5, 0.6) is 0 Å². The third-order valence-electron chi connectivity index (χ3n) is 2.38. The molecular formula is C13H23NOS. The predicted octanol–water partition coefficient (Wildman–Crippen LogP) is 3.29. The zero-order chi connectivity index (χ0) is 11.6. The van der Waals surface area contributed by atoms with E-state index in [0.29, 0.717) is 0 Å². The van der Waals surface area contributed by atoms with Crippen LogP contribution >= 0.6 is 11.3 Å². The number of ether oxygens (including phenoxy) is 1. The molecule has 3 heteroatoms. The number of hydrogen-bond acceptors (Lipinski definition) is 3. The topological polar surface area (TPSA) is 21.3 Å². The van der Waals surface area contributed by atoms with Gasteiger partial charge in [0.05, 0.1) is 13.2 Å². The van der Waals surface area contributed by atoms with Gasteiger partial charge in [0.2, 0.25) is 0 Å². The summed E-state index contributed by atoms with van der Waals surface area (Å²) in [5, 5.41) is 5.49. The van der Waals surface area contributed by atoms with Crippen molar-refractivity contribution in [2.45, 2.75) is 33.3 Å². The summed E-state index contributed by atoms with van der Waals surface area (Å²) in [5.41, 5.74) is 0. The zero-order valence-corrected chi connectivity index (χ0v) is 11.2. The third kappa shape index (κ3) is 6.99. The first-order chi connectivity index (χ1) is 7.79.